The number of hydrogen-bond donors (Lipinski definition) is 1. The van der Waals surface area contributed by atoms with Gasteiger partial charge in [0, 0.05) is 39.3 Å². The summed E-state index contributed by atoms with van der Waals surface area (Å²) in [6, 6.07) is 0. The monoisotopic (exact) mass is 281 g/mol. The number of nitrogens with zero attached hydrogens (tertiary/aromatic N) is 2. The summed E-state index contributed by atoms with van der Waals surface area (Å²) in [5.74, 6) is 0.591. The zero-order chi connectivity index (χ0) is 13.8. The highest BCUT2D eigenvalue weighted by atomic mass is 16.5. The molecule has 3 fully saturated rings. The van der Waals surface area contributed by atoms with Crippen LogP contribution in [0, 0.1) is 5.92 Å². The molecule has 0 saturated carbocycles. The molecule has 2 atom stereocenters. The molecule has 2 unspecified atom stereocenters. The van der Waals surface area contributed by atoms with Crippen molar-refractivity contribution < 1.29 is 9.53 Å². The average molecular weight is 281 g/mol. The van der Waals surface area contributed by atoms with Gasteiger partial charge in [0.1, 0.15) is 0 Å². The summed E-state index contributed by atoms with van der Waals surface area (Å²) in [7, 11) is 0. The van der Waals surface area contributed by atoms with Crippen molar-refractivity contribution in [2.24, 2.45) is 5.92 Å². The molecule has 0 bridgehead atoms. The van der Waals surface area contributed by atoms with Crippen LogP contribution in [0.3, 0.4) is 0 Å². The molecule has 0 aromatic heterocycles. The molecule has 3 aliphatic rings. The van der Waals surface area contributed by atoms with E-state index in [4.69, 9.17) is 4.74 Å². The van der Waals surface area contributed by atoms with E-state index in [0.717, 1.165) is 65.3 Å². The fourth-order valence-electron chi connectivity index (χ4n) is 3.57. The first-order valence-corrected chi connectivity index (χ1v) is 8.16. The predicted molar refractivity (Wildman–Crippen MR) is 77.6 cm³/mol. The molecule has 3 rings (SSSR count). The SMILES string of the molecule is O=C(C1CCNC1)N1CCCN(CC2CCCO2)CC1. The second kappa shape index (κ2) is 6.87. The maximum absolute atomic E-state index is 12.4. The van der Waals surface area contributed by atoms with Crippen LogP contribution in [0.25, 0.3) is 0 Å². The fourth-order valence-corrected chi connectivity index (χ4v) is 3.57. The Bertz CT molecular complexity index is 325. The van der Waals surface area contributed by atoms with Crippen molar-refractivity contribution in [1.82, 2.24) is 15.1 Å². The summed E-state index contributed by atoms with van der Waals surface area (Å²) >= 11 is 0. The van der Waals surface area contributed by atoms with Crippen molar-refractivity contribution in [3.63, 3.8) is 0 Å². The minimum atomic E-state index is 0.222. The first-order chi connectivity index (χ1) is 9.83. The molecule has 0 aromatic carbocycles. The van der Waals surface area contributed by atoms with Gasteiger partial charge in [-0.3, -0.25) is 9.69 Å². The van der Waals surface area contributed by atoms with Gasteiger partial charge >= 0.3 is 0 Å². The third-order valence-corrected chi connectivity index (χ3v) is 4.80. The Kier molecular flexibility index (Phi) is 4.91. The van der Waals surface area contributed by atoms with Crippen LogP contribution in [0.15, 0.2) is 0 Å². The molecule has 0 aromatic rings. The average Bonchev–Trinajstić information content (AvgIpc) is 3.10. The second-order valence-corrected chi connectivity index (χ2v) is 6.30. The zero-order valence-corrected chi connectivity index (χ0v) is 12.4. The quantitative estimate of drug-likeness (QED) is 0.809. The van der Waals surface area contributed by atoms with Gasteiger partial charge in [-0.1, -0.05) is 0 Å². The van der Waals surface area contributed by atoms with Crippen LogP contribution in [0.1, 0.15) is 25.7 Å². The second-order valence-electron chi connectivity index (χ2n) is 6.30. The van der Waals surface area contributed by atoms with Crippen LogP contribution in [0.5, 0.6) is 0 Å². The van der Waals surface area contributed by atoms with Crippen molar-refractivity contribution >= 4 is 5.91 Å². The van der Waals surface area contributed by atoms with Crippen molar-refractivity contribution in [2.75, 3.05) is 52.4 Å². The topological polar surface area (TPSA) is 44.8 Å². The molecule has 3 heterocycles. The number of ether oxygens (including phenoxy) is 1. The summed E-state index contributed by atoms with van der Waals surface area (Å²) in [6.07, 6.45) is 4.94. The molecule has 20 heavy (non-hydrogen) atoms. The van der Waals surface area contributed by atoms with Gasteiger partial charge in [0.15, 0.2) is 0 Å². The number of carbonyl (C=O) groups is 1. The normalized spacial score (nSPS) is 32.5. The van der Waals surface area contributed by atoms with E-state index in [9.17, 15) is 4.79 Å². The maximum atomic E-state index is 12.4. The Balaban J connectivity index is 1.47. The number of amides is 1. The van der Waals surface area contributed by atoms with E-state index in [-0.39, 0.29) is 5.92 Å². The first-order valence-electron chi connectivity index (χ1n) is 8.16. The molecule has 1 N–H and O–H groups in total. The van der Waals surface area contributed by atoms with E-state index >= 15 is 0 Å². The Morgan fingerprint density at radius 2 is 2.10 bits per heavy atom. The van der Waals surface area contributed by atoms with Crippen LogP contribution >= 0.6 is 0 Å². The molecule has 114 valence electrons. The lowest BCUT2D eigenvalue weighted by Gasteiger charge is -2.25. The third kappa shape index (κ3) is 3.51. The lowest BCUT2D eigenvalue weighted by atomic mass is 10.1. The largest absolute Gasteiger partial charge is 0.377 e. The number of hydrogen-bond acceptors (Lipinski definition) is 4. The van der Waals surface area contributed by atoms with E-state index < -0.39 is 0 Å². The van der Waals surface area contributed by atoms with Gasteiger partial charge in [0.25, 0.3) is 0 Å². The molecular formula is C15H27N3O2. The van der Waals surface area contributed by atoms with Crippen molar-refractivity contribution in [1.29, 1.82) is 0 Å². The van der Waals surface area contributed by atoms with Crippen LogP contribution in [0.2, 0.25) is 0 Å². The van der Waals surface area contributed by atoms with Gasteiger partial charge in [-0.2, -0.15) is 0 Å². The van der Waals surface area contributed by atoms with Crippen molar-refractivity contribution in [3.05, 3.63) is 0 Å². The molecule has 3 aliphatic heterocycles. The van der Waals surface area contributed by atoms with E-state index in [1.807, 2.05) is 0 Å². The Labute approximate surface area is 121 Å². The first kappa shape index (κ1) is 14.3. The van der Waals surface area contributed by atoms with Gasteiger partial charge in [0.05, 0.1) is 12.0 Å². The Morgan fingerprint density at radius 1 is 1.15 bits per heavy atom. The lowest BCUT2D eigenvalue weighted by Crippen LogP contribution is -2.40. The summed E-state index contributed by atoms with van der Waals surface area (Å²) in [6.45, 7) is 7.77. The van der Waals surface area contributed by atoms with Crippen molar-refractivity contribution in [2.45, 2.75) is 31.8 Å². The van der Waals surface area contributed by atoms with E-state index in [2.05, 4.69) is 15.1 Å². The molecule has 1 amide bonds. The van der Waals surface area contributed by atoms with E-state index in [1.165, 1.54) is 12.8 Å². The molecule has 5 nitrogen and oxygen atoms in total. The summed E-state index contributed by atoms with van der Waals surface area (Å²) in [4.78, 5) is 17.0. The van der Waals surface area contributed by atoms with Crippen LogP contribution in [-0.2, 0) is 9.53 Å². The highest BCUT2D eigenvalue weighted by molar-refractivity contribution is 5.79. The zero-order valence-electron chi connectivity index (χ0n) is 12.4. The number of nitrogens with one attached hydrogen (secondary N) is 1. The fraction of sp³-hybridized carbons (Fsp3) is 0.933. The Morgan fingerprint density at radius 3 is 2.85 bits per heavy atom. The third-order valence-electron chi connectivity index (χ3n) is 4.80. The molecule has 0 spiro atoms. The van der Waals surface area contributed by atoms with Gasteiger partial charge in [0.2, 0.25) is 5.91 Å². The molecular weight excluding hydrogens is 254 g/mol. The smallest absolute Gasteiger partial charge is 0.227 e. The van der Waals surface area contributed by atoms with Gasteiger partial charge in [-0.05, 0) is 38.8 Å². The maximum Gasteiger partial charge on any atom is 0.227 e. The van der Waals surface area contributed by atoms with Crippen LogP contribution in [-0.4, -0.2) is 74.2 Å². The van der Waals surface area contributed by atoms with Crippen molar-refractivity contribution in [3.8, 4) is 0 Å². The Hall–Kier alpha value is -0.650. The highest BCUT2D eigenvalue weighted by Gasteiger charge is 2.29. The molecule has 0 aliphatic carbocycles. The van der Waals surface area contributed by atoms with Crippen LogP contribution in [0.4, 0.5) is 0 Å². The standard InChI is InChI=1S/C15H27N3O2/c19-15(13-4-5-16-11-13)18-7-2-6-17(8-9-18)12-14-3-1-10-20-14/h13-14,16H,1-12H2. The van der Waals surface area contributed by atoms with Gasteiger partial charge < -0.3 is 15.0 Å². The molecule has 5 heteroatoms. The van der Waals surface area contributed by atoms with E-state index in [0.29, 0.717) is 12.0 Å². The molecule has 3 saturated heterocycles. The number of carbonyl (C=O) groups excluding carboxylic acids is 1. The minimum Gasteiger partial charge on any atom is -0.377 e. The van der Waals surface area contributed by atoms with Gasteiger partial charge in [-0.15, -0.1) is 0 Å². The predicted octanol–water partition coefficient (Wildman–Crippen LogP) is 0.309. The summed E-state index contributed by atoms with van der Waals surface area (Å²) in [5, 5.41) is 3.29. The minimum absolute atomic E-state index is 0.222. The van der Waals surface area contributed by atoms with Gasteiger partial charge in [-0.25, -0.2) is 0 Å². The number of rotatable bonds is 3. The summed E-state index contributed by atoms with van der Waals surface area (Å²) in [5.41, 5.74) is 0. The highest BCUT2D eigenvalue weighted by Crippen LogP contribution is 2.16. The van der Waals surface area contributed by atoms with E-state index in [1.54, 1.807) is 0 Å². The lowest BCUT2D eigenvalue weighted by molar-refractivity contribution is -0.134. The van der Waals surface area contributed by atoms with Crippen LogP contribution < -0.4 is 5.32 Å². The molecule has 0 radical (unpaired) electrons. The summed E-state index contributed by atoms with van der Waals surface area (Å²) < 4.78 is 5.72.